The third-order valence-electron chi connectivity index (χ3n) is 10.7. The van der Waals surface area contributed by atoms with Crippen LogP contribution < -0.4 is 0 Å². The first-order chi connectivity index (χ1) is 27.2. The van der Waals surface area contributed by atoms with Crippen molar-refractivity contribution in [3.8, 4) is 56.4 Å². The first kappa shape index (κ1) is 31.1. The highest BCUT2D eigenvalue weighted by Gasteiger charge is 2.20. The monoisotopic (exact) mass is 701 g/mol. The Morgan fingerprint density at radius 1 is 0.291 bits per heavy atom. The van der Waals surface area contributed by atoms with Gasteiger partial charge in [-0.1, -0.05) is 164 Å². The largest absolute Gasteiger partial charge is 0.456 e. The van der Waals surface area contributed by atoms with Crippen molar-refractivity contribution in [2.24, 2.45) is 0 Å². The Bertz CT molecular complexity index is 3270. The summed E-state index contributed by atoms with van der Waals surface area (Å²) in [4.78, 5) is 15.7. The van der Waals surface area contributed by atoms with Crippen molar-refractivity contribution in [2.75, 3.05) is 0 Å². The molecule has 4 nitrogen and oxygen atoms in total. The Kier molecular flexibility index (Phi) is 7.14. The van der Waals surface area contributed by atoms with E-state index < -0.39 is 0 Å². The highest BCUT2D eigenvalue weighted by Crippen LogP contribution is 2.40. The van der Waals surface area contributed by atoms with Crippen molar-refractivity contribution in [2.45, 2.75) is 0 Å². The molecular weight excluding hydrogens is 671 g/mol. The third-order valence-corrected chi connectivity index (χ3v) is 10.7. The average molecular weight is 702 g/mol. The Morgan fingerprint density at radius 3 is 1.78 bits per heavy atom. The van der Waals surface area contributed by atoms with E-state index in [2.05, 4.69) is 152 Å². The molecule has 9 aromatic carbocycles. The van der Waals surface area contributed by atoms with Crippen molar-refractivity contribution in [1.82, 2.24) is 15.0 Å². The maximum atomic E-state index is 6.30. The summed E-state index contributed by atoms with van der Waals surface area (Å²) in [5.74, 6) is 1.80. The number of furan rings is 1. The minimum absolute atomic E-state index is 0.592. The van der Waals surface area contributed by atoms with Gasteiger partial charge in [0.05, 0.1) is 0 Å². The molecule has 0 bridgehead atoms. The van der Waals surface area contributed by atoms with Crippen molar-refractivity contribution < 1.29 is 4.42 Å². The van der Waals surface area contributed by atoms with E-state index in [1.54, 1.807) is 0 Å². The SMILES string of the molecule is c1ccc(-c2cccc(-c3nc(-c4ccccc4-c4ccc5c(ccc6ccc7ccccc7c65)c4)nc(-c4cccc5oc6ccccc6c45)n3)c2)cc1. The second kappa shape index (κ2) is 12.6. The maximum absolute atomic E-state index is 6.30. The number of benzene rings is 9. The molecule has 4 heteroatoms. The predicted octanol–water partition coefficient (Wildman–Crippen LogP) is 13.6. The van der Waals surface area contributed by atoms with Crippen LogP contribution in [0.2, 0.25) is 0 Å². The molecule has 0 fully saturated rings. The van der Waals surface area contributed by atoms with Crippen molar-refractivity contribution in [3.05, 3.63) is 188 Å². The Hall–Kier alpha value is -7.43. The minimum atomic E-state index is 0.592. The summed E-state index contributed by atoms with van der Waals surface area (Å²) in [7, 11) is 0. The van der Waals surface area contributed by atoms with E-state index in [-0.39, 0.29) is 0 Å². The lowest BCUT2D eigenvalue weighted by Gasteiger charge is -2.14. The smallest absolute Gasteiger partial charge is 0.164 e. The zero-order chi connectivity index (χ0) is 36.3. The summed E-state index contributed by atoms with van der Waals surface area (Å²) in [5, 5.41) is 9.46. The molecule has 0 radical (unpaired) electrons. The summed E-state index contributed by atoms with van der Waals surface area (Å²) in [6.07, 6.45) is 0. The lowest BCUT2D eigenvalue weighted by Crippen LogP contribution is -2.01. The summed E-state index contributed by atoms with van der Waals surface area (Å²) in [6.45, 7) is 0. The third kappa shape index (κ3) is 5.26. The summed E-state index contributed by atoms with van der Waals surface area (Å²) in [5.41, 5.74) is 8.75. The van der Waals surface area contributed by atoms with Gasteiger partial charge in [0.15, 0.2) is 17.5 Å². The molecular formula is C51H31N3O. The minimum Gasteiger partial charge on any atom is -0.456 e. The van der Waals surface area contributed by atoms with Crippen LogP contribution in [0.15, 0.2) is 192 Å². The van der Waals surface area contributed by atoms with Gasteiger partial charge in [-0.25, -0.2) is 15.0 Å². The first-order valence-electron chi connectivity index (χ1n) is 18.5. The average Bonchev–Trinajstić information content (AvgIpc) is 3.65. The molecule has 0 saturated heterocycles. The van der Waals surface area contributed by atoms with Gasteiger partial charge in [-0.2, -0.15) is 0 Å². The molecule has 0 saturated carbocycles. The second-order valence-corrected chi connectivity index (χ2v) is 14.0. The molecule has 0 atom stereocenters. The van der Waals surface area contributed by atoms with Gasteiger partial charge in [-0.05, 0) is 78.8 Å². The predicted molar refractivity (Wildman–Crippen MR) is 227 cm³/mol. The molecule has 0 unspecified atom stereocenters. The zero-order valence-electron chi connectivity index (χ0n) is 29.6. The molecule has 0 aliphatic carbocycles. The number of rotatable bonds is 5. The van der Waals surface area contributed by atoms with E-state index in [0.717, 1.165) is 60.9 Å². The Balaban J connectivity index is 1.12. The number of para-hydroxylation sites is 1. The van der Waals surface area contributed by atoms with Crippen LogP contribution in [0.1, 0.15) is 0 Å². The highest BCUT2D eigenvalue weighted by atomic mass is 16.3. The number of nitrogens with zero attached hydrogens (tertiary/aromatic N) is 3. The molecule has 0 spiro atoms. The number of fused-ring (bicyclic) bond motifs is 8. The van der Waals surface area contributed by atoms with Gasteiger partial charge < -0.3 is 4.42 Å². The van der Waals surface area contributed by atoms with Crippen molar-refractivity contribution in [3.63, 3.8) is 0 Å². The number of hydrogen-bond donors (Lipinski definition) is 0. The van der Waals surface area contributed by atoms with Crippen LogP contribution in [0.25, 0.3) is 111 Å². The standard InChI is InChI=1S/C51H31N3O/c1-2-12-32(13-3-1)35-15-10-16-38(30-35)49-52-50(54-51(53-49)44-21-11-23-46-48(44)43-20-8-9-22-45(43)55-46)42-19-7-6-17-39(42)36-28-29-41-37(31-36)27-26-34-25-24-33-14-4-5-18-40(33)47(34)41/h1-31H. The fraction of sp³-hybridized carbons (Fsp3) is 0. The van der Waals surface area contributed by atoms with Crippen LogP contribution in [0, 0.1) is 0 Å². The molecule has 0 amide bonds. The van der Waals surface area contributed by atoms with E-state index in [4.69, 9.17) is 19.4 Å². The lowest BCUT2D eigenvalue weighted by atomic mass is 9.93. The van der Waals surface area contributed by atoms with Gasteiger partial charge in [-0.15, -0.1) is 0 Å². The summed E-state index contributed by atoms with van der Waals surface area (Å²) < 4.78 is 6.30. The van der Waals surface area contributed by atoms with E-state index in [9.17, 15) is 0 Å². The fourth-order valence-corrected chi connectivity index (χ4v) is 8.11. The molecule has 2 aromatic heterocycles. The molecule has 0 aliphatic rings. The van der Waals surface area contributed by atoms with Crippen LogP contribution in [0.3, 0.4) is 0 Å². The van der Waals surface area contributed by atoms with E-state index in [1.807, 2.05) is 36.4 Å². The Labute approximate surface area is 317 Å². The van der Waals surface area contributed by atoms with Crippen LogP contribution in [0.4, 0.5) is 0 Å². The first-order valence-corrected chi connectivity index (χ1v) is 18.5. The fourth-order valence-electron chi connectivity index (χ4n) is 8.11. The second-order valence-electron chi connectivity index (χ2n) is 14.0. The van der Waals surface area contributed by atoms with Gasteiger partial charge in [0, 0.05) is 27.5 Å². The van der Waals surface area contributed by atoms with Crippen LogP contribution in [0.5, 0.6) is 0 Å². The molecule has 55 heavy (non-hydrogen) atoms. The van der Waals surface area contributed by atoms with Gasteiger partial charge >= 0.3 is 0 Å². The summed E-state index contributed by atoms with van der Waals surface area (Å²) in [6, 6.07) is 65.8. The van der Waals surface area contributed by atoms with Crippen molar-refractivity contribution in [1.29, 1.82) is 0 Å². The summed E-state index contributed by atoms with van der Waals surface area (Å²) >= 11 is 0. The van der Waals surface area contributed by atoms with Gasteiger partial charge in [-0.3, -0.25) is 0 Å². The quantitative estimate of drug-likeness (QED) is 0.168. The molecule has 11 rings (SSSR count). The van der Waals surface area contributed by atoms with Crippen LogP contribution in [-0.4, -0.2) is 15.0 Å². The van der Waals surface area contributed by atoms with Crippen molar-refractivity contribution >= 4 is 54.3 Å². The number of aromatic nitrogens is 3. The highest BCUT2D eigenvalue weighted by molar-refractivity contribution is 6.20. The lowest BCUT2D eigenvalue weighted by molar-refractivity contribution is 0.669. The van der Waals surface area contributed by atoms with E-state index >= 15 is 0 Å². The van der Waals surface area contributed by atoms with Gasteiger partial charge in [0.2, 0.25) is 0 Å². The van der Waals surface area contributed by atoms with E-state index in [1.165, 1.54) is 32.3 Å². The Morgan fingerprint density at radius 2 is 0.891 bits per heavy atom. The van der Waals surface area contributed by atoms with E-state index in [0.29, 0.717) is 17.5 Å². The van der Waals surface area contributed by atoms with Crippen LogP contribution in [-0.2, 0) is 0 Å². The molecule has 0 N–H and O–H groups in total. The zero-order valence-corrected chi connectivity index (χ0v) is 29.6. The normalized spacial score (nSPS) is 11.6. The molecule has 256 valence electrons. The molecule has 11 aromatic rings. The number of hydrogen-bond acceptors (Lipinski definition) is 4. The maximum Gasteiger partial charge on any atom is 0.164 e. The molecule has 0 aliphatic heterocycles. The van der Waals surface area contributed by atoms with Gasteiger partial charge in [0.1, 0.15) is 11.2 Å². The van der Waals surface area contributed by atoms with Crippen LogP contribution >= 0.6 is 0 Å². The molecule has 2 heterocycles. The van der Waals surface area contributed by atoms with Gasteiger partial charge in [0.25, 0.3) is 0 Å². The topological polar surface area (TPSA) is 51.8 Å².